The Morgan fingerprint density at radius 3 is 1.70 bits per heavy atom. The summed E-state index contributed by atoms with van der Waals surface area (Å²) in [4.78, 5) is 34.9. The summed E-state index contributed by atoms with van der Waals surface area (Å²) in [5.74, 6) is -0.884. The molecule has 0 aromatic heterocycles. The highest BCUT2D eigenvalue weighted by Crippen LogP contribution is 2.43. The predicted molar refractivity (Wildman–Crippen MR) is 230 cm³/mol. The molecule has 11 heteroatoms. The van der Waals surface area contributed by atoms with Crippen LogP contribution in [0.2, 0.25) is 0 Å². The van der Waals surface area contributed by atoms with Gasteiger partial charge in [0.2, 0.25) is 0 Å². The molecule has 0 saturated carbocycles. The van der Waals surface area contributed by atoms with Crippen LogP contribution < -0.4 is 5.73 Å². The lowest BCUT2D eigenvalue weighted by Gasteiger charge is -2.19. The first kappa shape index (κ1) is 53.9. The SMILES string of the molecule is CC/C=C/CC(O)/C=C/C=C/CCCCCCCC(=O)OC[C@H](COP(=O)(O)OCCN)OC(=O)CCCCCCCCCCC/C=C\CCCCCCCC. The highest BCUT2D eigenvalue weighted by atomic mass is 31.2. The Labute approximate surface area is 341 Å². The average molecular weight is 812 g/mol. The third-order valence-electron chi connectivity index (χ3n) is 9.28. The van der Waals surface area contributed by atoms with Gasteiger partial charge in [0, 0.05) is 19.4 Å². The fourth-order valence-electron chi connectivity index (χ4n) is 5.96. The van der Waals surface area contributed by atoms with E-state index in [9.17, 15) is 24.2 Å². The summed E-state index contributed by atoms with van der Waals surface area (Å²) in [7, 11) is -4.39. The maximum absolute atomic E-state index is 12.6. The van der Waals surface area contributed by atoms with Crippen molar-refractivity contribution in [3.05, 3.63) is 48.6 Å². The first-order valence-corrected chi connectivity index (χ1v) is 23.7. The van der Waals surface area contributed by atoms with Crippen LogP contribution in [0.1, 0.15) is 187 Å². The molecule has 56 heavy (non-hydrogen) atoms. The highest BCUT2D eigenvalue weighted by Gasteiger charge is 2.26. The Kier molecular flexibility index (Phi) is 39.6. The van der Waals surface area contributed by atoms with Gasteiger partial charge in [-0.15, -0.1) is 0 Å². The minimum Gasteiger partial charge on any atom is -0.462 e. The van der Waals surface area contributed by atoms with E-state index in [1.54, 1.807) is 6.08 Å². The van der Waals surface area contributed by atoms with E-state index in [4.69, 9.17) is 24.3 Å². The van der Waals surface area contributed by atoms with Crippen LogP contribution >= 0.6 is 7.82 Å². The Hall–Kier alpha value is -2.07. The number of phosphoric ester groups is 1. The van der Waals surface area contributed by atoms with Gasteiger partial charge in [-0.25, -0.2) is 4.57 Å². The summed E-state index contributed by atoms with van der Waals surface area (Å²) in [5.41, 5.74) is 5.34. The van der Waals surface area contributed by atoms with Crippen molar-refractivity contribution in [1.29, 1.82) is 0 Å². The minimum atomic E-state index is -4.39. The van der Waals surface area contributed by atoms with Crippen molar-refractivity contribution >= 4 is 19.8 Å². The molecule has 0 amide bonds. The summed E-state index contributed by atoms with van der Waals surface area (Å²) >= 11 is 0. The van der Waals surface area contributed by atoms with Crippen LogP contribution in [-0.2, 0) is 32.7 Å². The molecule has 0 fully saturated rings. The van der Waals surface area contributed by atoms with Crippen molar-refractivity contribution in [3.8, 4) is 0 Å². The standard InChI is InChI=1S/C45H82NO9P/c1-3-5-7-8-9-10-11-12-13-14-15-16-17-18-19-22-26-29-33-37-45(49)55-43(41-54-56(50,51)53-39-38-46)40-52-44(48)36-32-28-25-23-20-21-24-27-31-35-42(47)34-30-6-4-2/h6,12-13,24,27,30-31,35,42-43,47H,3-5,7-11,14-23,25-26,28-29,32-34,36-41,46H2,1-2H3,(H,50,51)/b13-12-,27-24+,30-6+,35-31+/t42?,43-/m1/s1. The van der Waals surface area contributed by atoms with Crippen molar-refractivity contribution in [3.63, 3.8) is 0 Å². The first-order chi connectivity index (χ1) is 27.2. The number of carbonyl (C=O) groups is 2. The molecule has 0 radical (unpaired) electrons. The Morgan fingerprint density at radius 2 is 1.14 bits per heavy atom. The van der Waals surface area contributed by atoms with Gasteiger partial charge in [-0.3, -0.25) is 18.6 Å². The van der Waals surface area contributed by atoms with E-state index in [0.717, 1.165) is 57.8 Å². The summed E-state index contributed by atoms with van der Waals surface area (Å²) in [5, 5.41) is 9.86. The lowest BCUT2D eigenvalue weighted by molar-refractivity contribution is -0.161. The van der Waals surface area contributed by atoms with Crippen LogP contribution in [0.4, 0.5) is 0 Å². The van der Waals surface area contributed by atoms with Gasteiger partial charge in [0.1, 0.15) is 6.61 Å². The average Bonchev–Trinajstić information content (AvgIpc) is 3.18. The second kappa shape index (κ2) is 41.1. The first-order valence-electron chi connectivity index (χ1n) is 22.2. The molecule has 0 aromatic carbocycles. The molecule has 0 aromatic rings. The molecule has 0 heterocycles. The third kappa shape index (κ3) is 40.1. The zero-order chi connectivity index (χ0) is 41.2. The zero-order valence-corrected chi connectivity index (χ0v) is 36.4. The number of hydrogen-bond acceptors (Lipinski definition) is 9. The number of phosphoric acid groups is 1. The number of hydrogen-bond donors (Lipinski definition) is 3. The molecule has 0 saturated heterocycles. The Bertz CT molecular complexity index is 1080. The van der Waals surface area contributed by atoms with Gasteiger partial charge in [-0.2, -0.15) is 0 Å². The molecule has 0 spiro atoms. The number of ether oxygens (including phenoxy) is 2. The molecular formula is C45H82NO9P. The van der Waals surface area contributed by atoms with Crippen molar-refractivity contribution in [1.82, 2.24) is 0 Å². The van der Waals surface area contributed by atoms with Gasteiger partial charge in [0.05, 0.1) is 19.3 Å². The molecule has 326 valence electrons. The molecule has 10 nitrogen and oxygen atoms in total. The molecule has 3 atom stereocenters. The number of carbonyl (C=O) groups excluding carboxylic acids is 2. The van der Waals surface area contributed by atoms with E-state index in [1.807, 2.05) is 24.3 Å². The number of allylic oxidation sites excluding steroid dienone is 6. The van der Waals surface area contributed by atoms with Crippen molar-refractivity contribution in [2.75, 3.05) is 26.4 Å². The van der Waals surface area contributed by atoms with Gasteiger partial charge in [-0.05, 0) is 64.2 Å². The maximum Gasteiger partial charge on any atom is 0.472 e. The lowest BCUT2D eigenvalue weighted by Crippen LogP contribution is -2.29. The van der Waals surface area contributed by atoms with Gasteiger partial charge >= 0.3 is 19.8 Å². The normalized spacial score (nSPS) is 14.3. The van der Waals surface area contributed by atoms with E-state index in [1.165, 1.54) is 83.5 Å². The topological polar surface area (TPSA) is 155 Å². The summed E-state index contributed by atoms with van der Waals surface area (Å²) in [6.07, 6.45) is 43.3. The second-order valence-corrected chi connectivity index (χ2v) is 16.2. The Balaban J connectivity index is 4.19. The van der Waals surface area contributed by atoms with Gasteiger partial charge in [0.15, 0.2) is 6.10 Å². The molecule has 0 rings (SSSR count). The van der Waals surface area contributed by atoms with Crippen LogP contribution in [0, 0.1) is 0 Å². The van der Waals surface area contributed by atoms with Crippen molar-refractivity contribution in [2.24, 2.45) is 5.73 Å². The maximum atomic E-state index is 12.6. The minimum absolute atomic E-state index is 0.0409. The van der Waals surface area contributed by atoms with E-state index >= 15 is 0 Å². The molecule has 0 aliphatic carbocycles. The molecule has 0 aliphatic rings. The molecule has 0 bridgehead atoms. The van der Waals surface area contributed by atoms with Crippen LogP contribution in [0.5, 0.6) is 0 Å². The number of unbranched alkanes of at least 4 members (excludes halogenated alkanes) is 20. The highest BCUT2D eigenvalue weighted by molar-refractivity contribution is 7.47. The predicted octanol–water partition coefficient (Wildman–Crippen LogP) is 11.7. The fraction of sp³-hybridized carbons (Fsp3) is 0.778. The van der Waals surface area contributed by atoms with Crippen LogP contribution in [0.25, 0.3) is 0 Å². The Morgan fingerprint density at radius 1 is 0.625 bits per heavy atom. The lowest BCUT2D eigenvalue weighted by atomic mass is 10.1. The third-order valence-corrected chi connectivity index (χ3v) is 10.3. The van der Waals surface area contributed by atoms with E-state index in [-0.39, 0.29) is 32.6 Å². The largest absolute Gasteiger partial charge is 0.472 e. The van der Waals surface area contributed by atoms with E-state index in [0.29, 0.717) is 19.3 Å². The zero-order valence-electron chi connectivity index (χ0n) is 35.5. The smallest absolute Gasteiger partial charge is 0.462 e. The second-order valence-electron chi connectivity index (χ2n) is 14.7. The van der Waals surface area contributed by atoms with Gasteiger partial charge in [-0.1, -0.05) is 159 Å². The van der Waals surface area contributed by atoms with Crippen LogP contribution in [0.15, 0.2) is 48.6 Å². The number of rotatable bonds is 41. The number of aliphatic hydroxyl groups excluding tert-OH is 1. The summed E-state index contributed by atoms with van der Waals surface area (Å²) < 4.78 is 32.7. The van der Waals surface area contributed by atoms with Crippen molar-refractivity contribution < 1.29 is 42.7 Å². The molecule has 0 aliphatic heterocycles. The molecule has 2 unspecified atom stereocenters. The van der Waals surface area contributed by atoms with E-state index < -0.39 is 38.6 Å². The summed E-state index contributed by atoms with van der Waals surface area (Å²) in [6.45, 7) is 3.48. The molecular weight excluding hydrogens is 729 g/mol. The monoisotopic (exact) mass is 812 g/mol. The molecule has 4 N–H and O–H groups in total. The number of nitrogens with two attached hydrogens (primary N) is 1. The fourth-order valence-corrected chi connectivity index (χ4v) is 6.72. The quantitative estimate of drug-likeness (QED) is 0.0179. The van der Waals surface area contributed by atoms with Crippen LogP contribution in [0.3, 0.4) is 0 Å². The van der Waals surface area contributed by atoms with Crippen molar-refractivity contribution in [2.45, 2.75) is 199 Å². The number of aliphatic hydroxyl groups is 1. The van der Waals surface area contributed by atoms with Gasteiger partial charge in [0.25, 0.3) is 0 Å². The number of esters is 2. The summed E-state index contributed by atoms with van der Waals surface area (Å²) in [6, 6.07) is 0. The van der Waals surface area contributed by atoms with E-state index in [2.05, 4.69) is 32.1 Å². The van der Waals surface area contributed by atoms with Crippen LogP contribution in [-0.4, -0.2) is 60.5 Å². The van der Waals surface area contributed by atoms with Gasteiger partial charge < -0.3 is 25.2 Å².